The van der Waals surface area contributed by atoms with Crippen molar-refractivity contribution in [3.05, 3.63) is 71.0 Å². The molecule has 2 N–H and O–H groups in total. The van der Waals surface area contributed by atoms with Gasteiger partial charge in [-0.2, -0.15) is 0 Å². The minimum absolute atomic E-state index is 0.00703. The molecule has 3 rings (SSSR count). The SMILES string of the molecule is CCCOc1ccc(C(O)=C2C(=O)C(=O)N(CC[NH+](C)C)[C@H]2c2ccc(F)cc2)cc1. The van der Waals surface area contributed by atoms with Gasteiger partial charge in [-0.25, -0.2) is 4.39 Å². The van der Waals surface area contributed by atoms with E-state index >= 15 is 0 Å². The molecule has 0 aliphatic carbocycles. The third kappa shape index (κ3) is 4.94. The predicted molar refractivity (Wildman–Crippen MR) is 115 cm³/mol. The second-order valence-corrected chi connectivity index (χ2v) is 7.87. The van der Waals surface area contributed by atoms with Gasteiger partial charge in [0.2, 0.25) is 0 Å². The van der Waals surface area contributed by atoms with Crippen molar-refractivity contribution in [2.75, 3.05) is 33.8 Å². The van der Waals surface area contributed by atoms with Crippen molar-refractivity contribution in [3.63, 3.8) is 0 Å². The molecule has 0 saturated carbocycles. The molecule has 0 aromatic heterocycles. The van der Waals surface area contributed by atoms with E-state index in [1.807, 2.05) is 21.0 Å². The standard InChI is InChI=1S/C24H27FN2O4/c1-4-15-31-19-11-7-17(8-12-19)22(28)20-21(16-5-9-18(25)10-6-16)27(14-13-26(2)3)24(30)23(20)29/h5-12,21,28H,4,13-15H2,1-3H3/p+1/t21-/m0/s1. The van der Waals surface area contributed by atoms with Crippen LogP contribution >= 0.6 is 0 Å². The Hall–Kier alpha value is -3.19. The molecule has 31 heavy (non-hydrogen) atoms. The van der Waals surface area contributed by atoms with E-state index in [4.69, 9.17) is 4.74 Å². The molecule has 2 aromatic rings. The van der Waals surface area contributed by atoms with Gasteiger partial charge in [0.05, 0.1) is 45.4 Å². The van der Waals surface area contributed by atoms with E-state index < -0.39 is 23.5 Å². The van der Waals surface area contributed by atoms with Crippen LogP contribution in [0.3, 0.4) is 0 Å². The molecule has 0 radical (unpaired) electrons. The van der Waals surface area contributed by atoms with Crippen molar-refractivity contribution >= 4 is 17.4 Å². The van der Waals surface area contributed by atoms with Crippen molar-refractivity contribution in [2.24, 2.45) is 0 Å². The van der Waals surface area contributed by atoms with Gasteiger partial charge < -0.3 is 19.6 Å². The van der Waals surface area contributed by atoms with Crippen molar-refractivity contribution in [1.82, 2.24) is 4.90 Å². The topological polar surface area (TPSA) is 71.3 Å². The molecule has 1 aliphatic heterocycles. The summed E-state index contributed by atoms with van der Waals surface area (Å²) >= 11 is 0. The van der Waals surface area contributed by atoms with E-state index in [0.717, 1.165) is 11.3 Å². The number of likely N-dealkylation sites (N-methyl/N-ethyl adjacent to an activating group) is 1. The first kappa shape index (κ1) is 22.5. The van der Waals surface area contributed by atoms with Gasteiger partial charge >= 0.3 is 0 Å². The molecule has 0 bridgehead atoms. The van der Waals surface area contributed by atoms with E-state index in [0.29, 0.717) is 36.6 Å². The average Bonchev–Trinajstić information content (AvgIpc) is 3.01. The normalized spacial score (nSPS) is 18.1. The Morgan fingerprint density at radius 3 is 2.32 bits per heavy atom. The van der Waals surface area contributed by atoms with E-state index in [1.54, 1.807) is 24.3 Å². The van der Waals surface area contributed by atoms with Crippen LogP contribution in [-0.2, 0) is 9.59 Å². The van der Waals surface area contributed by atoms with Crippen LogP contribution in [0.1, 0.15) is 30.5 Å². The zero-order valence-corrected chi connectivity index (χ0v) is 18.0. The van der Waals surface area contributed by atoms with Crippen molar-refractivity contribution in [2.45, 2.75) is 19.4 Å². The number of Topliss-reactive ketones (excluding diaryl/α,β-unsaturated/α-hetero) is 1. The number of nitrogens with zero attached hydrogens (tertiary/aromatic N) is 1. The fraction of sp³-hybridized carbons (Fsp3) is 0.333. The summed E-state index contributed by atoms with van der Waals surface area (Å²) in [6.45, 7) is 3.53. The monoisotopic (exact) mass is 427 g/mol. The van der Waals surface area contributed by atoms with Gasteiger partial charge in [0.1, 0.15) is 17.3 Å². The number of aliphatic hydroxyl groups excluding tert-OH is 1. The number of ketones is 1. The summed E-state index contributed by atoms with van der Waals surface area (Å²) in [5, 5.41) is 11.0. The molecular weight excluding hydrogens is 399 g/mol. The first-order valence-corrected chi connectivity index (χ1v) is 10.4. The minimum Gasteiger partial charge on any atom is -0.507 e. The number of halogens is 1. The van der Waals surface area contributed by atoms with Crippen LogP contribution in [0.5, 0.6) is 5.75 Å². The maximum atomic E-state index is 13.5. The van der Waals surface area contributed by atoms with Crippen molar-refractivity contribution < 1.29 is 28.7 Å². The van der Waals surface area contributed by atoms with Gasteiger partial charge in [0.25, 0.3) is 11.7 Å². The smallest absolute Gasteiger partial charge is 0.295 e. The molecule has 2 aromatic carbocycles. The molecule has 1 saturated heterocycles. The third-order valence-corrected chi connectivity index (χ3v) is 5.18. The Labute approximate surface area is 181 Å². The Balaban J connectivity index is 2.04. The molecule has 1 fully saturated rings. The van der Waals surface area contributed by atoms with Crippen LogP contribution in [0.15, 0.2) is 54.1 Å². The minimum atomic E-state index is -0.782. The van der Waals surface area contributed by atoms with Crippen LogP contribution < -0.4 is 9.64 Å². The quantitative estimate of drug-likeness (QED) is 0.385. The number of carbonyl (C=O) groups is 2. The molecule has 1 aliphatic rings. The van der Waals surface area contributed by atoms with Crippen LogP contribution in [-0.4, -0.2) is 55.5 Å². The number of nitrogens with one attached hydrogen (secondary N) is 1. The summed E-state index contributed by atoms with van der Waals surface area (Å²) in [5.41, 5.74) is 0.985. The number of amides is 1. The number of aliphatic hydroxyl groups is 1. The summed E-state index contributed by atoms with van der Waals surface area (Å²) < 4.78 is 19.1. The zero-order chi connectivity index (χ0) is 22.5. The predicted octanol–water partition coefficient (Wildman–Crippen LogP) is 2.18. The molecule has 0 unspecified atom stereocenters. The number of carbonyl (C=O) groups excluding carboxylic acids is 2. The molecule has 0 spiro atoms. The van der Waals surface area contributed by atoms with E-state index in [1.165, 1.54) is 29.2 Å². The summed E-state index contributed by atoms with van der Waals surface area (Å²) in [6, 6.07) is 11.6. The second-order valence-electron chi connectivity index (χ2n) is 7.87. The van der Waals surface area contributed by atoms with E-state index in [9.17, 15) is 19.1 Å². The lowest BCUT2D eigenvalue weighted by molar-refractivity contribution is -0.857. The van der Waals surface area contributed by atoms with Crippen LogP contribution in [0, 0.1) is 5.82 Å². The molecule has 1 amide bonds. The lowest BCUT2D eigenvalue weighted by atomic mass is 9.95. The highest BCUT2D eigenvalue weighted by Crippen LogP contribution is 2.39. The van der Waals surface area contributed by atoms with Gasteiger partial charge in [0, 0.05) is 5.56 Å². The maximum Gasteiger partial charge on any atom is 0.295 e. The molecule has 7 heteroatoms. The Bertz CT molecular complexity index is 968. The maximum absolute atomic E-state index is 13.5. The molecule has 1 atom stereocenters. The number of quaternary nitrogens is 1. The van der Waals surface area contributed by atoms with Gasteiger partial charge in [-0.3, -0.25) is 9.59 Å². The first-order valence-electron chi connectivity index (χ1n) is 10.4. The highest BCUT2D eigenvalue weighted by molar-refractivity contribution is 6.46. The number of hydrogen-bond donors (Lipinski definition) is 2. The molecular formula is C24H28FN2O4+. The largest absolute Gasteiger partial charge is 0.507 e. The number of likely N-dealkylation sites (tertiary alicyclic amines) is 1. The number of ether oxygens (including phenoxy) is 1. The van der Waals surface area contributed by atoms with Crippen LogP contribution in [0.2, 0.25) is 0 Å². The molecule has 164 valence electrons. The van der Waals surface area contributed by atoms with Gasteiger partial charge in [-0.15, -0.1) is 0 Å². The molecule has 1 heterocycles. The summed E-state index contributed by atoms with van der Waals surface area (Å²) in [5.74, 6) is -1.43. The second kappa shape index (κ2) is 9.75. The number of benzene rings is 2. The number of hydrogen-bond acceptors (Lipinski definition) is 4. The average molecular weight is 427 g/mol. The van der Waals surface area contributed by atoms with Crippen molar-refractivity contribution in [1.29, 1.82) is 0 Å². The summed E-state index contributed by atoms with van der Waals surface area (Å²) in [4.78, 5) is 28.3. The van der Waals surface area contributed by atoms with Crippen molar-refractivity contribution in [3.8, 4) is 5.75 Å². The summed E-state index contributed by atoms with van der Waals surface area (Å²) in [6.07, 6.45) is 0.873. The van der Waals surface area contributed by atoms with Crippen LogP contribution in [0.25, 0.3) is 5.76 Å². The van der Waals surface area contributed by atoms with Gasteiger partial charge in [0.15, 0.2) is 0 Å². The molecule has 6 nitrogen and oxygen atoms in total. The van der Waals surface area contributed by atoms with E-state index in [2.05, 4.69) is 0 Å². The van der Waals surface area contributed by atoms with Gasteiger partial charge in [-0.1, -0.05) is 19.1 Å². The third-order valence-electron chi connectivity index (χ3n) is 5.18. The highest BCUT2D eigenvalue weighted by atomic mass is 19.1. The Kier molecular flexibility index (Phi) is 7.07. The first-order chi connectivity index (χ1) is 14.8. The Morgan fingerprint density at radius 1 is 1.10 bits per heavy atom. The summed E-state index contributed by atoms with van der Waals surface area (Å²) in [7, 11) is 3.90. The van der Waals surface area contributed by atoms with Gasteiger partial charge in [-0.05, 0) is 48.4 Å². The lowest BCUT2D eigenvalue weighted by Gasteiger charge is -2.25. The Morgan fingerprint density at radius 2 is 1.74 bits per heavy atom. The fourth-order valence-electron chi connectivity index (χ4n) is 3.53. The highest BCUT2D eigenvalue weighted by Gasteiger charge is 2.46. The number of rotatable bonds is 8. The van der Waals surface area contributed by atoms with E-state index in [-0.39, 0.29) is 11.3 Å². The fourth-order valence-corrected chi connectivity index (χ4v) is 3.53. The zero-order valence-electron chi connectivity index (χ0n) is 18.0. The van der Waals surface area contributed by atoms with Crippen LogP contribution in [0.4, 0.5) is 4.39 Å². The lowest BCUT2D eigenvalue weighted by Crippen LogP contribution is -3.06.